The SMILES string of the molecule is C=CCN(C[C@H]1O[C@@H](c2ccc(-c3ccccc3CNC(C)=O)cc2)O[C@@H](c2ccc(CO)cc2)[C@H]1C)C1CCCC1. The smallest absolute Gasteiger partial charge is 0.217 e. The molecule has 222 valence electrons. The predicted molar refractivity (Wildman–Crippen MR) is 166 cm³/mol. The molecule has 1 saturated carbocycles. The van der Waals surface area contributed by atoms with Crippen molar-refractivity contribution in [3.05, 3.63) is 108 Å². The fourth-order valence-electron chi connectivity index (χ4n) is 6.36. The van der Waals surface area contributed by atoms with Crippen LogP contribution < -0.4 is 5.32 Å². The van der Waals surface area contributed by atoms with E-state index in [0.717, 1.165) is 46.5 Å². The number of aliphatic hydroxyl groups is 1. The van der Waals surface area contributed by atoms with Crippen LogP contribution in [-0.2, 0) is 27.4 Å². The Morgan fingerprint density at radius 1 is 1.00 bits per heavy atom. The van der Waals surface area contributed by atoms with Crippen LogP contribution in [0.3, 0.4) is 0 Å². The second-order valence-corrected chi connectivity index (χ2v) is 11.7. The first-order valence-electron chi connectivity index (χ1n) is 15.2. The Kier molecular flexibility index (Phi) is 10.2. The Balaban J connectivity index is 1.41. The van der Waals surface area contributed by atoms with Crippen molar-refractivity contribution in [2.24, 2.45) is 5.92 Å². The van der Waals surface area contributed by atoms with Gasteiger partial charge in [-0.05, 0) is 40.7 Å². The molecule has 6 nitrogen and oxygen atoms in total. The number of carbonyl (C=O) groups is 1. The van der Waals surface area contributed by atoms with Gasteiger partial charge in [-0.25, -0.2) is 0 Å². The molecule has 3 aromatic rings. The first kappa shape index (κ1) is 30.2. The summed E-state index contributed by atoms with van der Waals surface area (Å²) >= 11 is 0. The van der Waals surface area contributed by atoms with E-state index >= 15 is 0 Å². The maximum Gasteiger partial charge on any atom is 0.217 e. The first-order valence-corrected chi connectivity index (χ1v) is 15.2. The fraction of sp³-hybridized carbons (Fsp3) is 0.417. The summed E-state index contributed by atoms with van der Waals surface area (Å²) in [6, 6.07) is 25.2. The third kappa shape index (κ3) is 7.19. The Labute approximate surface area is 250 Å². The van der Waals surface area contributed by atoms with Crippen molar-refractivity contribution in [2.45, 2.75) is 77.2 Å². The van der Waals surface area contributed by atoms with Crippen molar-refractivity contribution in [3.63, 3.8) is 0 Å². The molecule has 0 radical (unpaired) electrons. The van der Waals surface area contributed by atoms with Crippen molar-refractivity contribution in [3.8, 4) is 11.1 Å². The quantitative estimate of drug-likeness (QED) is 0.252. The second kappa shape index (κ2) is 14.3. The van der Waals surface area contributed by atoms with Gasteiger partial charge in [0, 0.05) is 44.1 Å². The summed E-state index contributed by atoms with van der Waals surface area (Å²) in [4.78, 5) is 14.1. The Morgan fingerprint density at radius 2 is 1.69 bits per heavy atom. The zero-order valence-electron chi connectivity index (χ0n) is 24.9. The molecule has 42 heavy (non-hydrogen) atoms. The number of nitrogens with zero attached hydrogens (tertiary/aromatic N) is 1. The van der Waals surface area contributed by atoms with Gasteiger partial charge in [-0.15, -0.1) is 6.58 Å². The number of hydrogen-bond donors (Lipinski definition) is 2. The molecular formula is C36H44N2O4. The number of nitrogens with one attached hydrogen (secondary N) is 1. The van der Waals surface area contributed by atoms with Crippen LogP contribution >= 0.6 is 0 Å². The molecule has 0 spiro atoms. The molecule has 1 aliphatic carbocycles. The van der Waals surface area contributed by atoms with Gasteiger partial charge in [0.1, 0.15) is 0 Å². The van der Waals surface area contributed by atoms with E-state index in [1.807, 2.05) is 36.4 Å². The summed E-state index contributed by atoms with van der Waals surface area (Å²) in [6.45, 7) is 9.99. The number of hydrogen-bond acceptors (Lipinski definition) is 5. The molecule has 2 aliphatic rings. The van der Waals surface area contributed by atoms with E-state index in [1.54, 1.807) is 0 Å². The van der Waals surface area contributed by atoms with Crippen LogP contribution in [0.2, 0.25) is 0 Å². The third-order valence-electron chi connectivity index (χ3n) is 8.78. The minimum absolute atomic E-state index is 0.0217. The van der Waals surface area contributed by atoms with E-state index in [2.05, 4.69) is 66.2 Å². The predicted octanol–water partition coefficient (Wildman–Crippen LogP) is 6.70. The van der Waals surface area contributed by atoms with Crippen LogP contribution in [0.4, 0.5) is 0 Å². The van der Waals surface area contributed by atoms with Crippen LogP contribution in [-0.4, -0.2) is 41.1 Å². The molecular weight excluding hydrogens is 524 g/mol. The first-order chi connectivity index (χ1) is 20.5. The van der Waals surface area contributed by atoms with Gasteiger partial charge in [0.15, 0.2) is 6.29 Å². The molecule has 6 heteroatoms. The van der Waals surface area contributed by atoms with Crippen molar-refractivity contribution in [1.29, 1.82) is 0 Å². The molecule has 1 amide bonds. The van der Waals surface area contributed by atoms with E-state index in [-0.39, 0.29) is 30.6 Å². The van der Waals surface area contributed by atoms with E-state index in [4.69, 9.17) is 9.47 Å². The molecule has 0 bridgehead atoms. The minimum atomic E-state index is -0.508. The number of aliphatic hydroxyl groups excluding tert-OH is 1. The van der Waals surface area contributed by atoms with E-state index in [9.17, 15) is 9.90 Å². The lowest BCUT2D eigenvalue weighted by molar-refractivity contribution is -0.276. The molecule has 5 rings (SSSR count). The van der Waals surface area contributed by atoms with Crippen LogP contribution in [0.5, 0.6) is 0 Å². The highest BCUT2D eigenvalue weighted by Gasteiger charge is 2.40. The average Bonchev–Trinajstić information content (AvgIpc) is 3.56. The molecule has 1 saturated heterocycles. The molecule has 2 N–H and O–H groups in total. The molecule has 0 aromatic heterocycles. The molecule has 4 atom stereocenters. The highest BCUT2D eigenvalue weighted by atomic mass is 16.7. The van der Waals surface area contributed by atoms with E-state index in [1.165, 1.54) is 32.6 Å². The number of carbonyl (C=O) groups excluding carboxylic acids is 1. The van der Waals surface area contributed by atoms with Gasteiger partial charge < -0.3 is 19.9 Å². The van der Waals surface area contributed by atoms with Gasteiger partial charge in [-0.1, -0.05) is 98.6 Å². The van der Waals surface area contributed by atoms with Crippen molar-refractivity contribution in [2.75, 3.05) is 13.1 Å². The maximum absolute atomic E-state index is 11.5. The van der Waals surface area contributed by atoms with Crippen LogP contribution in [0.15, 0.2) is 85.5 Å². The molecule has 0 unspecified atom stereocenters. The van der Waals surface area contributed by atoms with Gasteiger partial charge in [0.25, 0.3) is 0 Å². The zero-order valence-corrected chi connectivity index (χ0v) is 24.9. The molecule has 2 fully saturated rings. The van der Waals surface area contributed by atoms with Crippen molar-refractivity contribution >= 4 is 5.91 Å². The van der Waals surface area contributed by atoms with Gasteiger partial charge in [-0.2, -0.15) is 0 Å². The number of benzene rings is 3. The Bertz CT molecular complexity index is 1320. The molecule has 1 aliphatic heterocycles. The molecule has 1 heterocycles. The maximum atomic E-state index is 11.5. The summed E-state index contributed by atoms with van der Waals surface area (Å²) in [5.74, 6) is 0.0885. The van der Waals surface area contributed by atoms with Crippen molar-refractivity contribution in [1.82, 2.24) is 10.2 Å². The number of rotatable bonds is 11. The monoisotopic (exact) mass is 568 g/mol. The fourth-order valence-corrected chi connectivity index (χ4v) is 6.36. The summed E-state index contributed by atoms with van der Waals surface area (Å²) in [6.07, 6.45) is 6.35. The van der Waals surface area contributed by atoms with E-state index in [0.29, 0.717) is 12.6 Å². The summed E-state index contributed by atoms with van der Waals surface area (Å²) in [5.41, 5.74) is 6.20. The number of ether oxygens (including phenoxy) is 2. The van der Waals surface area contributed by atoms with Gasteiger partial charge in [0.05, 0.1) is 18.8 Å². The van der Waals surface area contributed by atoms with Crippen LogP contribution in [0.1, 0.15) is 74.2 Å². The average molecular weight is 569 g/mol. The van der Waals surface area contributed by atoms with Gasteiger partial charge in [0.2, 0.25) is 5.91 Å². The number of amides is 1. The highest BCUT2D eigenvalue weighted by Crippen LogP contribution is 2.42. The summed E-state index contributed by atoms with van der Waals surface area (Å²) in [5, 5.41) is 12.5. The lowest BCUT2D eigenvalue weighted by Crippen LogP contribution is -2.47. The Hall–Kier alpha value is -3.29. The lowest BCUT2D eigenvalue weighted by atomic mass is 9.89. The zero-order chi connectivity index (χ0) is 29.5. The standard InChI is InChI=1S/C36H44N2O4/c1-4-21-38(32-10-6-7-11-32)23-34-25(2)35(29-15-13-27(24-39)14-16-29)42-36(41-34)30-19-17-28(18-20-30)33-12-8-5-9-31(33)22-37-26(3)40/h4-5,8-9,12-20,25,32,34-36,39H,1,6-7,10-11,21-24H2,2-3H3,(H,37,40)/t25-,34+,35+,36+/m0/s1. The summed E-state index contributed by atoms with van der Waals surface area (Å²) in [7, 11) is 0. The highest BCUT2D eigenvalue weighted by molar-refractivity contribution is 5.74. The van der Waals surface area contributed by atoms with Crippen molar-refractivity contribution < 1.29 is 19.4 Å². The van der Waals surface area contributed by atoms with Gasteiger partial charge in [-0.3, -0.25) is 9.69 Å². The lowest BCUT2D eigenvalue weighted by Gasteiger charge is -2.43. The van der Waals surface area contributed by atoms with E-state index < -0.39 is 6.29 Å². The minimum Gasteiger partial charge on any atom is -0.392 e. The topological polar surface area (TPSA) is 71.0 Å². The normalized spacial score (nSPS) is 22.8. The summed E-state index contributed by atoms with van der Waals surface area (Å²) < 4.78 is 13.5. The van der Waals surface area contributed by atoms with Gasteiger partial charge >= 0.3 is 0 Å². The van der Waals surface area contributed by atoms with Crippen LogP contribution in [0, 0.1) is 5.92 Å². The second-order valence-electron chi connectivity index (χ2n) is 11.7. The largest absolute Gasteiger partial charge is 0.392 e. The third-order valence-corrected chi connectivity index (χ3v) is 8.78. The Morgan fingerprint density at radius 3 is 2.36 bits per heavy atom. The molecule has 3 aromatic carbocycles. The van der Waals surface area contributed by atoms with Crippen LogP contribution in [0.25, 0.3) is 11.1 Å².